The van der Waals surface area contributed by atoms with Gasteiger partial charge in [-0.2, -0.15) is 0 Å². The first-order valence-electron chi connectivity index (χ1n) is 8.53. The Morgan fingerprint density at radius 3 is 2.50 bits per heavy atom. The molecule has 1 aliphatic carbocycles. The maximum Gasteiger partial charge on any atom is 0.261 e. The van der Waals surface area contributed by atoms with Crippen molar-refractivity contribution in [3.8, 4) is 11.4 Å². The van der Waals surface area contributed by atoms with Crippen LogP contribution in [-0.4, -0.2) is 20.4 Å². The van der Waals surface area contributed by atoms with Gasteiger partial charge < -0.3 is 9.88 Å². The highest BCUT2D eigenvalue weighted by atomic mass is 16.2. The number of carbonyl (C=O) groups is 1. The summed E-state index contributed by atoms with van der Waals surface area (Å²) >= 11 is 0. The summed E-state index contributed by atoms with van der Waals surface area (Å²) in [6.07, 6.45) is 6.91. The van der Waals surface area contributed by atoms with E-state index in [0.717, 1.165) is 24.1 Å². The summed E-state index contributed by atoms with van der Waals surface area (Å²) in [5.41, 5.74) is 2.09. The molecule has 0 atom stereocenters. The average Bonchev–Trinajstić information content (AvgIpc) is 3.48. The predicted octanol–water partition coefficient (Wildman–Crippen LogP) is 3.20. The molecule has 3 aromatic rings. The van der Waals surface area contributed by atoms with Crippen molar-refractivity contribution in [3.63, 3.8) is 0 Å². The quantitative estimate of drug-likeness (QED) is 0.787. The van der Waals surface area contributed by atoms with Crippen molar-refractivity contribution < 1.29 is 4.79 Å². The van der Waals surface area contributed by atoms with E-state index in [1.165, 1.54) is 6.07 Å². The van der Waals surface area contributed by atoms with E-state index in [1.807, 2.05) is 41.8 Å². The highest BCUT2D eigenvalue weighted by Gasteiger charge is 2.25. The summed E-state index contributed by atoms with van der Waals surface area (Å²) in [7, 11) is 0. The number of pyridine rings is 1. The van der Waals surface area contributed by atoms with Crippen molar-refractivity contribution in [2.75, 3.05) is 5.32 Å². The van der Waals surface area contributed by atoms with E-state index in [4.69, 9.17) is 0 Å². The fourth-order valence-electron chi connectivity index (χ4n) is 2.89. The maximum absolute atomic E-state index is 12.5. The third kappa shape index (κ3) is 3.26. The van der Waals surface area contributed by atoms with Crippen molar-refractivity contribution in [3.05, 3.63) is 76.5 Å². The molecule has 0 aliphatic heterocycles. The van der Waals surface area contributed by atoms with Crippen LogP contribution < -0.4 is 10.7 Å². The molecule has 130 valence electrons. The number of nitrogens with zero attached hydrogens (tertiary/aromatic N) is 3. The van der Waals surface area contributed by atoms with Gasteiger partial charge in [0.05, 0.1) is 18.1 Å². The summed E-state index contributed by atoms with van der Waals surface area (Å²) in [5, 5.41) is 2.71. The summed E-state index contributed by atoms with van der Waals surface area (Å²) in [4.78, 5) is 33.3. The van der Waals surface area contributed by atoms with Crippen LogP contribution in [-0.2, 0) is 0 Å². The Morgan fingerprint density at radius 2 is 1.85 bits per heavy atom. The monoisotopic (exact) mass is 346 g/mol. The van der Waals surface area contributed by atoms with Crippen LogP contribution in [0.3, 0.4) is 0 Å². The Balaban J connectivity index is 1.55. The zero-order chi connectivity index (χ0) is 18.1. The SMILES string of the molecule is Cc1cc(=O)c(C(=O)Nc2cnc(-c3ccccc3)nc2)cn1C1CC1. The molecule has 1 N–H and O–H groups in total. The molecule has 2 aromatic heterocycles. The third-order valence-electron chi connectivity index (χ3n) is 4.41. The number of amides is 1. The zero-order valence-electron chi connectivity index (χ0n) is 14.3. The van der Waals surface area contributed by atoms with Gasteiger partial charge in [-0.05, 0) is 19.8 Å². The molecular weight excluding hydrogens is 328 g/mol. The molecule has 6 nitrogen and oxygen atoms in total. The fraction of sp³-hybridized carbons (Fsp3) is 0.200. The van der Waals surface area contributed by atoms with Crippen molar-refractivity contribution >= 4 is 11.6 Å². The van der Waals surface area contributed by atoms with Gasteiger partial charge in [0.1, 0.15) is 5.56 Å². The van der Waals surface area contributed by atoms with E-state index >= 15 is 0 Å². The number of hydrogen-bond acceptors (Lipinski definition) is 4. The molecule has 1 aliphatic rings. The summed E-state index contributed by atoms with van der Waals surface area (Å²) in [6, 6.07) is 11.5. The van der Waals surface area contributed by atoms with Crippen molar-refractivity contribution in [2.45, 2.75) is 25.8 Å². The molecule has 0 spiro atoms. The van der Waals surface area contributed by atoms with Crippen LogP contribution in [0.1, 0.15) is 34.9 Å². The molecule has 4 rings (SSSR count). The number of nitrogens with one attached hydrogen (secondary N) is 1. The number of aryl methyl sites for hydroxylation is 1. The molecule has 1 fully saturated rings. The minimum Gasteiger partial charge on any atom is -0.348 e. The molecule has 1 aromatic carbocycles. The van der Waals surface area contributed by atoms with E-state index in [9.17, 15) is 9.59 Å². The molecule has 6 heteroatoms. The van der Waals surface area contributed by atoms with E-state index in [0.29, 0.717) is 17.6 Å². The minimum atomic E-state index is -0.444. The van der Waals surface area contributed by atoms with Gasteiger partial charge in [0.2, 0.25) is 0 Å². The van der Waals surface area contributed by atoms with E-state index in [-0.39, 0.29) is 11.0 Å². The number of aromatic nitrogens is 3. The van der Waals surface area contributed by atoms with Gasteiger partial charge in [0.25, 0.3) is 5.91 Å². The zero-order valence-corrected chi connectivity index (χ0v) is 14.3. The van der Waals surface area contributed by atoms with E-state index in [1.54, 1.807) is 18.6 Å². The van der Waals surface area contributed by atoms with Gasteiger partial charge in [0, 0.05) is 29.6 Å². The van der Waals surface area contributed by atoms with Gasteiger partial charge in [-0.3, -0.25) is 9.59 Å². The first kappa shape index (κ1) is 16.2. The fourth-order valence-corrected chi connectivity index (χ4v) is 2.89. The van der Waals surface area contributed by atoms with Gasteiger partial charge >= 0.3 is 0 Å². The first-order valence-corrected chi connectivity index (χ1v) is 8.53. The molecule has 0 radical (unpaired) electrons. The highest BCUT2D eigenvalue weighted by molar-refractivity contribution is 6.03. The highest BCUT2D eigenvalue weighted by Crippen LogP contribution is 2.35. The van der Waals surface area contributed by atoms with Crippen LogP contribution in [0.15, 0.2) is 59.8 Å². The average molecular weight is 346 g/mol. The standard InChI is InChI=1S/C20H18N4O2/c1-13-9-18(25)17(12-24(13)16-7-8-16)20(26)23-15-10-21-19(22-11-15)14-5-3-2-4-6-14/h2-6,9-12,16H,7-8H2,1H3,(H,23,26). The Hall–Kier alpha value is -3.28. The third-order valence-corrected chi connectivity index (χ3v) is 4.41. The van der Waals surface area contributed by atoms with Crippen LogP contribution in [0.5, 0.6) is 0 Å². The number of benzene rings is 1. The first-order chi connectivity index (χ1) is 12.6. The normalized spacial score (nSPS) is 13.4. The molecule has 0 unspecified atom stereocenters. The Labute approximate surface area is 150 Å². The second-order valence-corrected chi connectivity index (χ2v) is 6.45. The van der Waals surface area contributed by atoms with E-state index < -0.39 is 5.91 Å². The van der Waals surface area contributed by atoms with Crippen molar-refractivity contribution in [1.29, 1.82) is 0 Å². The van der Waals surface area contributed by atoms with Gasteiger partial charge in [0.15, 0.2) is 11.3 Å². The summed E-state index contributed by atoms with van der Waals surface area (Å²) < 4.78 is 2.01. The minimum absolute atomic E-state index is 0.134. The molecular formula is C20H18N4O2. The largest absolute Gasteiger partial charge is 0.348 e. The van der Waals surface area contributed by atoms with Gasteiger partial charge in [-0.1, -0.05) is 30.3 Å². The number of carbonyl (C=O) groups excluding carboxylic acids is 1. The number of anilines is 1. The maximum atomic E-state index is 12.5. The second kappa shape index (κ2) is 6.55. The van der Waals surface area contributed by atoms with Gasteiger partial charge in [-0.15, -0.1) is 0 Å². The lowest BCUT2D eigenvalue weighted by molar-refractivity contribution is 0.102. The topological polar surface area (TPSA) is 76.9 Å². The molecule has 0 bridgehead atoms. The number of rotatable bonds is 4. The van der Waals surface area contributed by atoms with Crippen LogP contribution in [0.4, 0.5) is 5.69 Å². The lowest BCUT2D eigenvalue weighted by atomic mass is 10.2. The van der Waals surface area contributed by atoms with Crippen LogP contribution in [0.2, 0.25) is 0 Å². The van der Waals surface area contributed by atoms with Crippen LogP contribution >= 0.6 is 0 Å². The summed E-state index contributed by atoms with van der Waals surface area (Å²) in [5.74, 6) is 0.135. The van der Waals surface area contributed by atoms with Crippen LogP contribution in [0.25, 0.3) is 11.4 Å². The lowest BCUT2D eigenvalue weighted by Crippen LogP contribution is -2.23. The lowest BCUT2D eigenvalue weighted by Gasteiger charge is -2.11. The van der Waals surface area contributed by atoms with Gasteiger partial charge in [-0.25, -0.2) is 9.97 Å². The second-order valence-electron chi connectivity index (χ2n) is 6.45. The Morgan fingerprint density at radius 1 is 1.15 bits per heavy atom. The predicted molar refractivity (Wildman–Crippen MR) is 99.1 cm³/mol. The van der Waals surface area contributed by atoms with Crippen molar-refractivity contribution in [1.82, 2.24) is 14.5 Å². The van der Waals surface area contributed by atoms with Crippen molar-refractivity contribution in [2.24, 2.45) is 0 Å². The summed E-state index contributed by atoms with van der Waals surface area (Å²) in [6.45, 7) is 1.89. The number of hydrogen-bond donors (Lipinski definition) is 1. The molecule has 0 saturated heterocycles. The van der Waals surface area contributed by atoms with Crippen LogP contribution in [0, 0.1) is 6.92 Å². The molecule has 1 amide bonds. The van der Waals surface area contributed by atoms with E-state index in [2.05, 4.69) is 15.3 Å². The Kier molecular flexibility index (Phi) is 4.08. The Bertz CT molecular complexity index is 1010. The molecule has 2 heterocycles. The smallest absolute Gasteiger partial charge is 0.261 e. The molecule has 26 heavy (non-hydrogen) atoms. The molecule has 1 saturated carbocycles.